The minimum atomic E-state index is 0.412. The van der Waals surface area contributed by atoms with Crippen molar-refractivity contribution in [2.45, 2.75) is 39.3 Å². The lowest BCUT2D eigenvalue weighted by molar-refractivity contribution is 0.191. The summed E-state index contributed by atoms with van der Waals surface area (Å²) in [6, 6.07) is 0.824. The lowest BCUT2D eigenvalue weighted by Crippen LogP contribution is -2.16. The molecule has 0 aliphatic heterocycles. The van der Waals surface area contributed by atoms with Gasteiger partial charge in [-0.05, 0) is 27.2 Å². The van der Waals surface area contributed by atoms with E-state index in [4.69, 9.17) is 4.74 Å². The van der Waals surface area contributed by atoms with Crippen LogP contribution in [0.5, 0.6) is 0 Å². The van der Waals surface area contributed by atoms with E-state index in [-0.39, 0.29) is 0 Å². The maximum atomic E-state index is 5.03. The molecule has 86 valence electrons. The van der Waals surface area contributed by atoms with E-state index in [0.29, 0.717) is 12.1 Å². The Labute approximate surface area is 91.6 Å². The van der Waals surface area contributed by atoms with Gasteiger partial charge in [-0.15, -0.1) is 0 Å². The molecule has 4 nitrogen and oxygen atoms in total. The van der Waals surface area contributed by atoms with Gasteiger partial charge in [0.1, 0.15) is 0 Å². The van der Waals surface area contributed by atoms with Crippen molar-refractivity contribution >= 4 is 5.69 Å². The highest BCUT2D eigenvalue weighted by Crippen LogP contribution is 2.11. The SMILES string of the molecule is COCCC(C)Nc1cnn(C(C)C)c1. The molecule has 0 aliphatic carbocycles. The summed E-state index contributed by atoms with van der Waals surface area (Å²) in [5.41, 5.74) is 1.08. The molecule has 1 rings (SSSR count). The van der Waals surface area contributed by atoms with E-state index in [2.05, 4.69) is 31.2 Å². The molecule has 0 spiro atoms. The number of ether oxygens (including phenoxy) is 1. The van der Waals surface area contributed by atoms with Gasteiger partial charge in [0.05, 0.1) is 11.9 Å². The molecule has 0 aliphatic rings. The summed E-state index contributed by atoms with van der Waals surface area (Å²) in [6.07, 6.45) is 4.90. The molecule has 15 heavy (non-hydrogen) atoms. The van der Waals surface area contributed by atoms with E-state index in [0.717, 1.165) is 18.7 Å². The number of nitrogens with one attached hydrogen (secondary N) is 1. The van der Waals surface area contributed by atoms with Gasteiger partial charge in [-0.1, -0.05) is 0 Å². The molecule has 0 radical (unpaired) electrons. The smallest absolute Gasteiger partial charge is 0.0728 e. The average Bonchev–Trinajstić information content (AvgIpc) is 2.63. The summed E-state index contributed by atoms with van der Waals surface area (Å²) in [7, 11) is 1.73. The van der Waals surface area contributed by atoms with Crippen LogP contribution >= 0.6 is 0 Å². The van der Waals surface area contributed by atoms with Gasteiger partial charge >= 0.3 is 0 Å². The number of rotatable bonds is 6. The maximum absolute atomic E-state index is 5.03. The van der Waals surface area contributed by atoms with Crippen molar-refractivity contribution in [3.63, 3.8) is 0 Å². The molecule has 1 N–H and O–H groups in total. The Kier molecular flexibility index (Phi) is 4.62. The van der Waals surface area contributed by atoms with Crippen molar-refractivity contribution in [1.82, 2.24) is 9.78 Å². The van der Waals surface area contributed by atoms with Crippen molar-refractivity contribution in [3.8, 4) is 0 Å². The van der Waals surface area contributed by atoms with Gasteiger partial charge < -0.3 is 10.1 Å². The number of nitrogens with zero attached hydrogens (tertiary/aromatic N) is 2. The molecule has 1 atom stereocenters. The first kappa shape index (κ1) is 12.0. The Morgan fingerprint density at radius 1 is 1.47 bits per heavy atom. The number of hydrogen-bond donors (Lipinski definition) is 1. The summed E-state index contributed by atoms with van der Waals surface area (Å²) in [6.45, 7) is 7.16. The number of hydrogen-bond acceptors (Lipinski definition) is 3. The van der Waals surface area contributed by atoms with Crippen LogP contribution in [0.25, 0.3) is 0 Å². The predicted molar refractivity (Wildman–Crippen MR) is 62.2 cm³/mol. The Morgan fingerprint density at radius 2 is 2.20 bits per heavy atom. The molecular formula is C11H21N3O. The Bertz CT molecular complexity index is 283. The van der Waals surface area contributed by atoms with Crippen molar-refractivity contribution < 1.29 is 4.74 Å². The van der Waals surface area contributed by atoms with E-state index in [9.17, 15) is 0 Å². The summed E-state index contributed by atoms with van der Waals surface area (Å²) in [5, 5.41) is 7.66. The number of aromatic nitrogens is 2. The molecule has 0 saturated heterocycles. The summed E-state index contributed by atoms with van der Waals surface area (Å²) < 4.78 is 6.98. The molecule has 1 aromatic heterocycles. The van der Waals surface area contributed by atoms with E-state index in [1.165, 1.54) is 0 Å². The fraction of sp³-hybridized carbons (Fsp3) is 0.727. The van der Waals surface area contributed by atoms with Crippen LogP contribution in [0.1, 0.15) is 33.2 Å². The highest BCUT2D eigenvalue weighted by atomic mass is 16.5. The first-order chi connectivity index (χ1) is 7.13. The summed E-state index contributed by atoms with van der Waals surface area (Å²) >= 11 is 0. The lowest BCUT2D eigenvalue weighted by Gasteiger charge is -2.12. The number of anilines is 1. The van der Waals surface area contributed by atoms with Gasteiger partial charge in [0.15, 0.2) is 0 Å². The highest BCUT2D eigenvalue weighted by Gasteiger charge is 2.05. The van der Waals surface area contributed by atoms with Crippen molar-refractivity contribution in [3.05, 3.63) is 12.4 Å². The average molecular weight is 211 g/mol. The fourth-order valence-corrected chi connectivity index (χ4v) is 1.35. The predicted octanol–water partition coefficient (Wildman–Crippen LogP) is 2.30. The lowest BCUT2D eigenvalue weighted by atomic mass is 10.2. The van der Waals surface area contributed by atoms with Crippen LogP contribution in [0, 0.1) is 0 Å². The number of methoxy groups -OCH3 is 1. The quantitative estimate of drug-likeness (QED) is 0.784. The highest BCUT2D eigenvalue weighted by molar-refractivity contribution is 5.39. The van der Waals surface area contributed by atoms with Crippen LogP contribution in [0.2, 0.25) is 0 Å². The van der Waals surface area contributed by atoms with Gasteiger partial charge in [0.25, 0.3) is 0 Å². The van der Waals surface area contributed by atoms with Gasteiger partial charge in [-0.2, -0.15) is 5.10 Å². The van der Waals surface area contributed by atoms with Crippen molar-refractivity contribution in [2.75, 3.05) is 19.0 Å². The molecule has 0 fully saturated rings. The van der Waals surface area contributed by atoms with E-state index < -0.39 is 0 Å². The second kappa shape index (κ2) is 5.75. The van der Waals surface area contributed by atoms with Crippen LogP contribution < -0.4 is 5.32 Å². The van der Waals surface area contributed by atoms with Crippen LogP contribution in [-0.4, -0.2) is 29.5 Å². The molecule has 0 bridgehead atoms. The molecule has 0 aromatic carbocycles. The van der Waals surface area contributed by atoms with Crippen molar-refractivity contribution in [2.24, 2.45) is 0 Å². The van der Waals surface area contributed by atoms with Crippen molar-refractivity contribution in [1.29, 1.82) is 0 Å². The largest absolute Gasteiger partial charge is 0.385 e. The first-order valence-electron chi connectivity index (χ1n) is 5.43. The molecule has 0 amide bonds. The zero-order valence-electron chi connectivity index (χ0n) is 10.0. The van der Waals surface area contributed by atoms with Crippen LogP contribution in [0.4, 0.5) is 5.69 Å². The van der Waals surface area contributed by atoms with Crippen LogP contribution in [0.3, 0.4) is 0 Å². The summed E-state index contributed by atoms with van der Waals surface area (Å²) in [4.78, 5) is 0. The van der Waals surface area contributed by atoms with E-state index in [1.54, 1.807) is 7.11 Å². The Balaban J connectivity index is 2.42. The van der Waals surface area contributed by atoms with E-state index in [1.807, 2.05) is 17.1 Å². The third kappa shape index (κ3) is 3.91. The topological polar surface area (TPSA) is 39.1 Å². The van der Waals surface area contributed by atoms with Crippen LogP contribution in [-0.2, 0) is 4.74 Å². The molecule has 1 unspecified atom stereocenters. The Hall–Kier alpha value is -1.03. The maximum Gasteiger partial charge on any atom is 0.0728 e. The van der Waals surface area contributed by atoms with Gasteiger partial charge in [0.2, 0.25) is 0 Å². The first-order valence-corrected chi connectivity index (χ1v) is 5.43. The minimum Gasteiger partial charge on any atom is -0.385 e. The molecule has 4 heteroatoms. The molecule has 1 heterocycles. The second-order valence-electron chi connectivity index (χ2n) is 4.13. The molecule has 0 saturated carbocycles. The summed E-state index contributed by atoms with van der Waals surface area (Å²) in [5.74, 6) is 0. The third-order valence-electron chi connectivity index (χ3n) is 2.30. The van der Waals surface area contributed by atoms with Crippen LogP contribution in [0.15, 0.2) is 12.4 Å². The standard InChI is InChI=1S/C11H21N3O/c1-9(2)14-8-11(7-12-14)13-10(3)5-6-15-4/h7-10,13H,5-6H2,1-4H3. The normalized spacial score (nSPS) is 13.1. The van der Waals surface area contributed by atoms with Gasteiger partial charge in [0, 0.05) is 32.0 Å². The fourth-order valence-electron chi connectivity index (χ4n) is 1.35. The zero-order chi connectivity index (χ0) is 11.3. The zero-order valence-corrected chi connectivity index (χ0v) is 10.0. The Morgan fingerprint density at radius 3 is 2.73 bits per heavy atom. The minimum absolute atomic E-state index is 0.412. The van der Waals surface area contributed by atoms with E-state index >= 15 is 0 Å². The van der Waals surface area contributed by atoms with Gasteiger partial charge in [-0.3, -0.25) is 4.68 Å². The second-order valence-corrected chi connectivity index (χ2v) is 4.13. The molecule has 1 aromatic rings. The van der Waals surface area contributed by atoms with Gasteiger partial charge in [-0.25, -0.2) is 0 Å². The monoisotopic (exact) mass is 211 g/mol. The molecular weight excluding hydrogens is 190 g/mol. The third-order valence-corrected chi connectivity index (χ3v) is 2.30.